The van der Waals surface area contributed by atoms with Crippen molar-refractivity contribution in [1.29, 1.82) is 0 Å². The first-order valence-electron chi connectivity index (χ1n) is 6.64. The molecule has 0 fully saturated rings. The van der Waals surface area contributed by atoms with Crippen LogP contribution in [0.4, 0.5) is 18.9 Å². The van der Waals surface area contributed by atoms with Gasteiger partial charge in [-0.05, 0) is 24.1 Å². The lowest BCUT2D eigenvalue weighted by Crippen LogP contribution is -2.13. The van der Waals surface area contributed by atoms with Gasteiger partial charge in [0.25, 0.3) is 0 Å². The monoisotopic (exact) mass is 298 g/mol. The Morgan fingerprint density at radius 3 is 2.71 bits per heavy atom. The number of nitrogens with one attached hydrogen (secondary N) is 1. The molecule has 0 radical (unpaired) electrons. The number of anilines is 1. The van der Waals surface area contributed by atoms with E-state index in [1.54, 1.807) is 10.7 Å². The van der Waals surface area contributed by atoms with Gasteiger partial charge in [-0.15, -0.1) is 0 Å². The normalized spacial score (nSPS) is 11.9. The summed E-state index contributed by atoms with van der Waals surface area (Å²) in [4.78, 5) is 4.12. The number of halogens is 3. The minimum Gasteiger partial charge on any atom is -0.378 e. The van der Waals surface area contributed by atoms with E-state index in [0.29, 0.717) is 24.0 Å². The van der Waals surface area contributed by atoms with Gasteiger partial charge in [-0.3, -0.25) is 0 Å². The quantitative estimate of drug-likeness (QED) is 0.917. The van der Waals surface area contributed by atoms with Crippen LogP contribution < -0.4 is 5.32 Å². The zero-order chi connectivity index (χ0) is 15.5. The van der Waals surface area contributed by atoms with E-state index in [2.05, 4.69) is 29.2 Å². The topological polar surface area (TPSA) is 42.7 Å². The summed E-state index contributed by atoms with van der Waals surface area (Å²) in [6, 6.07) is 5.11. The number of hydrogen-bond acceptors (Lipinski definition) is 3. The number of aromatic nitrogens is 3. The van der Waals surface area contributed by atoms with E-state index < -0.39 is 11.7 Å². The number of alkyl halides is 3. The van der Waals surface area contributed by atoms with Gasteiger partial charge in [0, 0.05) is 12.2 Å². The highest BCUT2D eigenvalue weighted by atomic mass is 19.4. The van der Waals surface area contributed by atoms with Crippen LogP contribution in [0.1, 0.15) is 25.2 Å². The molecule has 1 heterocycles. The molecule has 114 valence electrons. The van der Waals surface area contributed by atoms with Crippen molar-refractivity contribution in [3.8, 4) is 0 Å². The molecule has 0 aliphatic rings. The molecular weight excluding hydrogens is 281 g/mol. The lowest BCUT2D eigenvalue weighted by molar-refractivity contribution is -0.137. The van der Waals surface area contributed by atoms with E-state index in [0.717, 1.165) is 18.7 Å². The first-order valence-corrected chi connectivity index (χ1v) is 6.64. The fourth-order valence-electron chi connectivity index (χ4n) is 1.91. The molecular formula is C14H17F3N4. The van der Waals surface area contributed by atoms with Crippen LogP contribution >= 0.6 is 0 Å². The van der Waals surface area contributed by atoms with Crippen LogP contribution in [-0.2, 0) is 19.3 Å². The molecule has 0 bridgehead atoms. The largest absolute Gasteiger partial charge is 0.416 e. The first-order chi connectivity index (χ1) is 9.86. The molecule has 21 heavy (non-hydrogen) atoms. The standard InChI is InChI=1S/C14H17F3N4/c1-10(2)8-21-13(19-9-20-21)7-18-12-5-3-4-11(6-12)14(15,16)17/h3-6,9-10,18H,7-8H2,1-2H3. The summed E-state index contributed by atoms with van der Waals surface area (Å²) in [5, 5.41) is 7.06. The van der Waals surface area contributed by atoms with Crippen molar-refractivity contribution in [3.05, 3.63) is 42.0 Å². The van der Waals surface area contributed by atoms with Crippen LogP contribution in [0.25, 0.3) is 0 Å². The van der Waals surface area contributed by atoms with E-state index in [4.69, 9.17) is 0 Å². The average Bonchev–Trinajstić information content (AvgIpc) is 2.82. The maximum absolute atomic E-state index is 12.6. The summed E-state index contributed by atoms with van der Waals surface area (Å²) in [5.74, 6) is 1.11. The van der Waals surface area contributed by atoms with Crippen molar-refractivity contribution < 1.29 is 13.2 Å². The molecule has 0 unspecified atom stereocenters. The second-order valence-electron chi connectivity index (χ2n) is 5.18. The van der Waals surface area contributed by atoms with Crippen LogP contribution in [0.5, 0.6) is 0 Å². The zero-order valence-electron chi connectivity index (χ0n) is 11.9. The van der Waals surface area contributed by atoms with Crippen molar-refractivity contribution >= 4 is 5.69 Å². The minimum atomic E-state index is -4.34. The van der Waals surface area contributed by atoms with Gasteiger partial charge in [0.2, 0.25) is 0 Å². The highest BCUT2D eigenvalue weighted by molar-refractivity contribution is 5.46. The van der Waals surface area contributed by atoms with Crippen LogP contribution in [-0.4, -0.2) is 14.8 Å². The van der Waals surface area contributed by atoms with Gasteiger partial charge < -0.3 is 5.32 Å². The Balaban J connectivity index is 2.05. The molecule has 0 spiro atoms. The van der Waals surface area contributed by atoms with Gasteiger partial charge in [-0.2, -0.15) is 18.3 Å². The zero-order valence-corrected chi connectivity index (χ0v) is 11.9. The molecule has 2 aromatic rings. The Morgan fingerprint density at radius 2 is 2.05 bits per heavy atom. The summed E-state index contributed by atoms with van der Waals surface area (Å²) in [6.45, 7) is 5.17. The van der Waals surface area contributed by atoms with Crippen LogP contribution in [0.15, 0.2) is 30.6 Å². The third kappa shape index (κ3) is 4.21. The number of benzene rings is 1. The van der Waals surface area contributed by atoms with E-state index in [1.807, 2.05) is 0 Å². The Hall–Kier alpha value is -2.05. The number of rotatable bonds is 5. The first kappa shape index (κ1) is 15.3. The van der Waals surface area contributed by atoms with Gasteiger partial charge in [-0.25, -0.2) is 9.67 Å². The lowest BCUT2D eigenvalue weighted by Gasteiger charge is -2.12. The molecule has 0 aliphatic heterocycles. The molecule has 4 nitrogen and oxygen atoms in total. The van der Waals surface area contributed by atoms with Crippen molar-refractivity contribution in [3.63, 3.8) is 0 Å². The van der Waals surface area contributed by atoms with Crippen molar-refractivity contribution in [2.75, 3.05) is 5.32 Å². The maximum Gasteiger partial charge on any atom is 0.416 e. The van der Waals surface area contributed by atoms with E-state index >= 15 is 0 Å². The average molecular weight is 298 g/mol. The van der Waals surface area contributed by atoms with Crippen LogP contribution in [0.3, 0.4) is 0 Å². The summed E-state index contributed by atoms with van der Waals surface area (Å²) >= 11 is 0. The smallest absolute Gasteiger partial charge is 0.378 e. The molecule has 1 aromatic carbocycles. The molecule has 0 aliphatic carbocycles. The Labute approximate surface area is 121 Å². The van der Waals surface area contributed by atoms with E-state index in [9.17, 15) is 13.2 Å². The predicted molar refractivity (Wildman–Crippen MR) is 73.6 cm³/mol. The molecule has 2 rings (SSSR count). The second kappa shape index (κ2) is 6.15. The van der Waals surface area contributed by atoms with Gasteiger partial charge >= 0.3 is 6.18 Å². The minimum absolute atomic E-state index is 0.327. The Bertz CT molecular complexity index is 590. The number of hydrogen-bond donors (Lipinski definition) is 1. The van der Waals surface area contributed by atoms with E-state index in [-0.39, 0.29) is 0 Å². The van der Waals surface area contributed by atoms with E-state index in [1.165, 1.54) is 12.4 Å². The summed E-state index contributed by atoms with van der Waals surface area (Å²) in [6.07, 6.45) is -2.89. The summed E-state index contributed by atoms with van der Waals surface area (Å²) in [7, 11) is 0. The van der Waals surface area contributed by atoms with Crippen molar-refractivity contribution in [1.82, 2.24) is 14.8 Å². The highest BCUT2D eigenvalue weighted by Crippen LogP contribution is 2.30. The van der Waals surface area contributed by atoms with Crippen molar-refractivity contribution in [2.24, 2.45) is 5.92 Å². The Morgan fingerprint density at radius 1 is 1.29 bits per heavy atom. The molecule has 0 amide bonds. The molecule has 0 saturated carbocycles. The van der Waals surface area contributed by atoms with Gasteiger partial charge in [-0.1, -0.05) is 19.9 Å². The highest BCUT2D eigenvalue weighted by Gasteiger charge is 2.30. The molecule has 1 aromatic heterocycles. The molecule has 1 N–H and O–H groups in total. The van der Waals surface area contributed by atoms with Gasteiger partial charge in [0.1, 0.15) is 12.2 Å². The van der Waals surface area contributed by atoms with Gasteiger partial charge in [0.05, 0.1) is 12.1 Å². The lowest BCUT2D eigenvalue weighted by atomic mass is 10.2. The molecule has 0 saturated heterocycles. The third-order valence-corrected chi connectivity index (χ3v) is 2.87. The SMILES string of the molecule is CC(C)Cn1ncnc1CNc1cccc(C(F)(F)F)c1. The Kier molecular flexibility index (Phi) is 4.50. The maximum atomic E-state index is 12.6. The second-order valence-corrected chi connectivity index (χ2v) is 5.18. The number of nitrogens with zero attached hydrogens (tertiary/aromatic N) is 3. The fraction of sp³-hybridized carbons (Fsp3) is 0.429. The molecule has 7 heteroatoms. The third-order valence-electron chi connectivity index (χ3n) is 2.87. The van der Waals surface area contributed by atoms with Gasteiger partial charge in [0.15, 0.2) is 0 Å². The summed E-state index contributed by atoms with van der Waals surface area (Å²) in [5.41, 5.74) is -0.264. The van der Waals surface area contributed by atoms with Crippen LogP contribution in [0, 0.1) is 5.92 Å². The molecule has 0 atom stereocenters. The predicted octanol–water partition coefficient (Wildman–Crippen LogP) is 3.57. The summed E-state index contributed by atoms with van der Waals surface area (Å²) < 4.78 is 39.7. The van der Waals surface area contributed by atoms with Crippen LogP contribution in [0.2, 0.25) is 0 Å². The fourth-order valence-corrected chi connectivity index (χ4v) is 1.91. The van der Waals surface area contributed by atoms with Crippen molar-refractivity contribution in [2.45, 2.75) is 33.1 Å².